The van der Waals surface area contributed by atoms with Gasteiger partial charge in [-0.3, -0.25) is 10.1 Å². The van der Waals surface area contributed by atoms with E-state index in [0.29, 0.717) is 17.2 Å². The number of carboxylic acid groups (broad SMARTS) is 1. The number of carboxylic acids is 1. The van der Waals surface area contributed by atoms with E-state index in [1.165, 1.54) is 0 Å². The second-order valence-corrected chi connectivity index (χ2v) is 4.35. The molecule has 0 heterocycles. The van der Waals surface area contributed by atoms with Gasteiger partial charge >= 0.3 is 12.1 Å². The van der Waals surface area contributed by atoms with Gasteiger partial charge in [-0.15, -0.1) is 0 Å². The summed E-state index contributed by atoms with van der Waals surface area (Å²) in [5, 5.41) is 11.0. The van der Waals surface area contributed by atoms with Crippen molar-refractivity contribution >= 4 is 17.7 Å². The Hall–Kier alpha value is -3.02. The molecule has 2 aromatic carbocycles. The van der Waals surface area contributed by atoms with Gasteiger partial charge in [-0.05, 0) is 24.3 Å². The van der Waals surface area contributed by atoms with Gasteiger partial charge in [0, 0.05) is 11.8 Å². The number of para-hydroxylation sites is 1. The maximum Gasteiger partial charge on any atom is 0.411 e. The Morgan fingerprint density at radius 2 is 1.73 bits per heavy atom. The molecular formula is C16H15NO5. The number of benzene rings is 2. The molecule has 1 amide bonds. The molecule has 0 bridgehead atoms. The number of anilines is 1. The van der Waals surface area contributed by atoms with Crippen LogP contribution in [0.5, 0.6) is 11.5 Å². The number of hydrogen-bond donors (Lipinski definition) is 2. The third-order valence-electron chi connectivity index (χ3n) is 2.61. The predicted molar refractivity (Wildman–Crippen MR) is 80.2 cm³/mol. The average Bonchev–Trinajstić information content (AvgIpc) is 2.48. The highest BCUT2D eigenvalue weighted by Gasteiger charge is 2.06. The van der Waals surface area contributed by atoms with Crippen LogP contribution in [0.3, 0.4) is 0 Å². The van der Waals surface area contributed by atoms with E-state index < -0.39 is 12.1 Å². The molecule has 2 N–H and O–H groups in total. The molecule has 0 atom stereocenters. The van der Waals surface area contributed by atoms with Gasteiger partial charge in [0.15, 0.2) is 0 Å². The molecular weight excluding hydrogens is 286 g/mol. The molecule has 0 radical (unpaired) electrons. The Balaban J connectivity index is 1.91. The highest BCUT2D eigenvalue weighted by Crippen LogP contribution is 2.23. The number of ether oxygens (including phenoxy) is 2. The summed E-state index contributed by atoms with van der Waals surface area (Å²) in [5.74, 6) is 0.226. The van der Waals surface area contributed by atoms with Crippen molar-refractivity contribution in [2.45, 2.75) is 6.42 Å². The SMILES string of the molecule is O=C(O)CCOC(=O)Nc1cccc(Oc2ccccc2)c1. The predicted octanol–water partition coefficient (Wildman–Crippen LogP) is 3.50. The highest BCUT2D eigenvalue weighted by atomic mass is 16.5. The van der Waals surface area contributed by atoms with Crippen LogP contribution in [0, 0.1) is 0 Å². The number of carbonyl (C=O) groups excluding carboxylic acids is 1. The van der Waals surface area contributed by atoms with Crippen molar-refractivity contribution in [3.63, 3.8) is 0 Å². The summed E-state index contributed by atoms with van der Waals surface area (Å²) in [6, 6.07) is 16.0. The third kappa shape index (κ3) is 5.16. The summed E-state index contributed by atoms with van der Waals surface area (Å²) in [6.07, 6.45) is -0.942. The first-order valence-electron chi connectivity index (χ1n) is 6.62. The van der Waals surface area contributed by atoms with Crippen molar-refractivity contribution in [1.82, 2.24) is 0 Å². The zero-order valence-corrected chi connectivity index (χ0v) is 11.7. The summed E-state index contributed by atoms with van der Waals surface area (Å²) in [7, 11) is 0. The molecule has 0 aromatic heterocycles. The van der Waals surface area contributed by atoms with E-state index in [4.69, 9.17) is 14.6 Å². The van der Waals surface area contributed by atoms with Crippen molar-refractivity contribution in [3.05, 3.63) is 54.6 Å². The summed E-state index contributed by atoms with van der Waals surface area (Å²) in [6.45, 7) is -0.179. The second kappa shape index (κ2) is 7.68. The van der Waals surface area contributed by atoms with Crippen molar-refractivity contribution in [2.24, 2.45) is 0 Å². The smallest absolute Gasteiger partial charge is 0.411 e. The number of hydrogen-bond acceptors (Lipinski definition) is 4. The van der Waals surface area contributed by atoms with E-state index in [9.17, 15) is 9.59 Å². The number of rotatable bonds is 6. The number of carbonyl (C=O) groups is 2. The molecule has 2 rings (SSSR count). The Morgan fingerprint density at radius 1 is 1.00 bits per heavy atom. The Bertz CT molecular complexity index is 642. The van der Waals surface area contributed by atoms with E-state index in [1.54, 1.807) is 24.3 Å². The molecule has 2 aromatic rings. The maximum absolute atomic E-state index is 11.5. The lowest BCUT2D eigenvalue weighted by Crippen LogP contribution is -2.15. The lowest BCUT2D eigenvalue weighted by atomic mass is 10.3. The van der Waals surface area contributed by atoms with Crippen molar-refractivity contribution in [3.8, 4) is 11.5 Å². The van der Waals surface area contributed by atoms with E-state index >= 15 is 0 Å². The third-order valence-corrected chi connectivity index (χ3v) is 2.61. The second-order valence-electron chi connectivity index (χ2n) is 4.35. The molecule has 0 aliphatic rings. The molecule has 0 spiro atoms. The van der Waals surface area contributed by atoms with E-state index in [0.717, 1.165) is 0 Å². The minimum atomic E-state index is -1.02. The van der Waals surface area contributed by atoms with E-state index in [2.05, 4.69) is 5.32 Å². The minimum Gasteiger partial charge on any atom is -0.481 e. The normalized spacial score (nSPS) is 9.82. The van der Waals surface area contributed by atoms with Crippen molar-refractivity contribution in [1.29, 1.82) is 0 Å². The Labute approximate surface area is 127 Å². The molecule has 6 heteroatoms. The molecule has 0 saturated heterocycles. The topological polar surface area (TPSA) is 84.9 Å². The average molecular weight is 301 g/mol. The lowest BCUT2D eigenvalue weighted by Gasteiger charge is -2.09. The number of amides is 1. The molecule has 0 saturated carbocycles. The molecule has 0 unspecified atom stereocenters. The standard InChI is InChI=1S/C16H15NO5/c18-15(19)9-10-21-16(20)17-12-5-4-8-14(11-12)22-13-6-2-1-3-7-13/h1-8,11H,9-10H2,(H,17,20)(H,18,19). The maximum atomic E-state index is 11.5. The van der Waals surface area contributed by atoms with Gasteiger partial charge in [0.25, 0.3) is 0 Å². The van der Waals surface area contributed by atoms with Crippen LogP contribution >= 0.6 is 0 Å². The lowest BCUT2D eigenvalue weighted by molar-refractivity contribution is -0.137. The van der Waals surface area contributed by atoms with Gasteiger partial charge in [-0.1, -0.05) is 24.3 Å². The van der Waals surface area contributed by atoms with Gasteiger partial charge in [0.2, 0.25) is 0 Å². The van der Waals surface area contributed by atoms with Crippen LogP contribution in [-0.4, -0.2) is 23.8 Å². The van der Waals surface area contributed by atoms with Gasteiger partial charge in [-0.25, -0.2) is 4.79 Å². The molecule has 114 valence electrons. The summed E-state index contributed by atoms with van der Waals surface area (Å²) < 4.78 is 10.4. The van der Waals surface area contributed by atoms with Crippen LogP contribution < -0.4 is 10.1 Å². The fourth-order valence-corrected chi connectivity index (χ4v) is 1.65. The van der Waals surface area contributed by atoms with E-state index in [1.807, 2.05) is 30.3 Å². The number of nitrogens with one attached hydrogen (secondary N) is 1. The van der Waals surface area contributed by atoms with Gasteiger partial charge in [0.1, 0.15) is 18.1 Å². The van der Waals surface area contributed by atoms with Crippen LogP contribution in [-0.2, 0) is 9.53 Å². The fraction of sp³-hybridized carbons (Fsp3) is 0.125. The first kappa shape index (κ1) is 15.4. The van der Waals surface area contributed by atoms with Crippen LogP contribution in [0.1, 0.15) is 6.42 Å². The molecule has 0 aliphatic carbocycles. The van der Waals surface area contributed by atoms with Crippen molar-refractivity contribution < 1.29 is 24.2 Å². The van der Waals surface area contributed by atoms with Gasteiger partial charge < -0.3 is 14.6 Å². The summed E-state index contributed by atoms with van der Waals surface area (Å²) in [5.41, 5.74) is 0.494. The van der Waals surface area contributed by atoms with Crippen LogP contribution in [0.25, 0.3) is 0 Å². The van der Waals surface area contributed by atoms with E-state index in [-0.39, 0.29) is 13.0 Å². The summed E-state index contributed by atoms with van der Waals surface area (Å²) in [4.78, 5) is 21.8. The first-order valence-corrected chi connectivity index (χ1v) is 6.62. The zero-order chi connectivity index (χ0) is 15.8. The quantitative estimate of drug-likeness (QED) is 0.853. The molecule has 0 fully saturated rings. The highest BCUT2D eigenvalue weighted by molar-refractivity contribution is 5.85. The van der Waals surface area contributed by atoms with Crippen LogP contribution in [0.4, 0.5) is 10.5 Å². The minimum absolute atomic E-state index is 0.179. The first-order chi connectivity index (χ1) is 10.6. The van der Waals surface area contributed by atoms with Gasteiger partial charge in [-0.2, -0.15) is 0 Å². The molecule has 6 nitrogen and oxygen atoms in total. The van der Waals surface area contributed by atoms with Gasteiger partial charge in [0.05, 0.1) is 6.42 Å². The van der Waals surface area contributed by atoms with Crippen LogP contribution in [0.2, 0.25) is 0 Å². The Kier molecular flexibility index (Phi) is 5.37. The summed E-state index contributed by atoms with van der Waals surface area (Å²) >= 11 is 0. The zero-order valence-electron chi connectivity index (χ0n) is 11.7. The molecule has 22 heavy (non-hydrogen) atoms. The number of aliphatic carboxylic acids is 1. The fourth-order valence-electron chi connectivity index (χ4n) is 1.65. The monoisotopic (exact) mass is 301 g/mol. The largest absolute Gasteiger partial charge is 0.481 e. The Morgan fingerprint density at radius 3 is 2.45 bits per heavy atom. The van der Waals surface area contributed by atoms with Crippen LogP contribution in [0.15, 0.2) is 54.6 Å². The van der Waals surface area contributed by atoms with Crippen molar-refractivity contribution in [2.75, 3.05) is 11.9 Å². The molecule has 0 aliphatic heterocycles.